The third-order valence-electron chi connectivity index (χ3n) is 4.18. The van der Waals surface area contributed by atoms with Crippen LogP contribution in [0.5, 0.6) is 0 Å². The Balaban J connectivity index is 2.67. The maximum Gasteiger partial charge on any atom is 0.380 e. The summed E-state index contributed by atoms with van der Waals surface area (Å²) in [6, 6.07) is 2.57. The van der Waals surface area contributed by atoms with Crippen LogP contribution in [0.2, 0.25) is 0 Å². The van der Waals surface area contributed by atoms with E-state index in [0.717, 1.165) is 23.5 Å². The van der Waals surface area contributed by atoms with Gasteiger partial charge in [-0.05, 0) is 36.1 Å². The van der Waals surface area contributed by atoms with E-state index in [1.165, 1.54) is 35.8 Å². The molecule has 1 aliphatic rings. The fourth-order valence-electron chi connectivity index (χ4n) is 2.67. The lowest BCUT2D eigenvalue weighted by atomic mass is 9.98. The fourth-order valence-corrected chi connectivity index (χ4v) is 3.88. The van der Waals surface area contributed by atoms with Gasteiger partial charge in [-0.1, -0.05) is 24.3 Å². The van der Waals surface area contributed by atoms with Gasteiger partial charge in [0.05, 0.1) is 0 Å². The average molecular weight is 485 g/mol. The Morgan fingerprint density at radius 3 is 2.10 bits per heavy atom. The van der Waals surface area contributed by atoms with Crippen LogP contribution < -0.4 is 0 Å². The van der Waals surface area contributed by atoms with E-state index in [9.17, 15) is 31.1 Å². The summed E-state index contributed by atoms with van der Waals surface area (Å²) in [7, 11) is 0. The molecule has 1 aliphatic carbocycles. The Hall–Kier alpha value is -1.85. The van der Waals surface area contributed by atoms with E-state index >= 15 is 0 Å². The van der Waals surface area contributed by atoms with Gasteiger partial charge in [-0.3, -0.25) is 0 Å². The topological polar surface area (TPSA) is 37.3 Å². The highest BCUT2D eigenvalue weighted by molar-refractivity contribution is 7.90. The second-order valence-electron chi connectivity index (χ2n) is 6.07. The van der Waals surface area contributed by atoms with Gasteiger partial charge in [-0.25, -0.2) is 4.79 Å². The number of rotatable bonds is 6. The number of hydrogen-bond donors (Lipinski definition) is 3. The summed E-state index contributed by atoms with van der Waals surface area (Å²) in [5.74, 6) is -17.0. The summed E-state index contributed by atoms with van der Waals surface area (Å²) >= 11 is 8.66. The first-order valence-electron chi connectivity index (χ1n) is 8.06. The zero-order valence-corrected chi connectivity index (χ0v) is 17.7. The van der Waals surface area contributed by atoms with Crippen molar-refractivity contribution in [3.05, 3.63) is 74.4 Å². The molecule has 0 bridgehead atoms. The molecule has 30 heavy (non-hydrogen) atoms. The lowest BCUT2D eigenvalue weighted by Crippen LogP contribution is -2.49. The first-order valence-corrected chi connectivity index (χ1v) is 9.84. The quantitative estimate of drug-likeness (QED) is 0.234. The van der Waals surface area contributed by atoms with Crippen molar-refractivity contribution in [2.75, 3.05) is 0 Å². The van der Waals surface area contributed by atoms with Gasteiger partial charge in [0.25, 0.3) is 0 Å². The van der Waals surface area contributed by atoms with E-state index in [-0.39, 0.29) is 14.7 Å². The number of thiol groups is 2. The highest BCUT2D eigenvalue weighted by atomic mass is 32.1. The maximum atomic E-state index is 14.4. The Labute approximate surface area is 182 Å². The number of carboxylic acid groups (broad SMARTS) is 1. The minimum Gasteiger partial charge on any atom is -0.477 e. The van der Waals surface area contributed by atoms with Crippen LogP contribution in [-0.2, 0) is 0 Å². The summed E-state index contributed by atoms with van der Waals surface area (Å²) in [5, 5.41) is 10.3. The molecule has 0 radical (unpaired) electrons. The van der Waals surface area contributed by atoms with Gasteiger partial charge in [-0.15, -0.1) is 24.0 Å². The highest BCUT2D eigenvalue weighted by Crippen LogP contribution is 2.60. The van der Waals surface area contributed by atoms with Crippen molar-refractivity contribution in [2.24, 2.45) is 0 Å². The van der Waals surface area contributed by atoms with Crippen LogP contribution in [0.4, 0.5) is 26.3 Å². The monoisotopic (exact) mass is 484 g/mol. The number of aromatic carboxylic acids is 1. The number of carbonyl (C=O) groups is 1. The van der Waals surface area contributed by atoms with E-state index in [1.54, 1.807) is 0 Å². The second kappa shape index (κ2) is 8.72. The molecular weight excluding hydrogens is 470 g/mol. The Kier molecular flexibility index (Phi) is 7.10. The number of thiophene rings is 1. The van der Waals surface area contributed by atoms with Crippen LogP contribution in [0.15, 0.2) is 64.6 Å². The van der Waals surface area contributed by atoms with E-state index in [4.69, 9.17) is 5.11 Å². The van der Waals surface area contributed by atoms with Crippen LogP contribution in [0.25, 0.3) is 4.91 Å². The zero-order chi connectivity index (χ0) is 22.9. The summed E-state index contributed by atoms with van der Waals surface area (Å²) in [6.45, 7) is 0.523. The molecule has 0 atom stereocenters. The lowest BCUT2D eigenvalue weighted by molar-refractivity contribution is -0.264. The molecule has 1 aromatic heterocycles. The van der Waals surface area contributed by atoms with Crippen LogP contribution in [0, 0.1) is 0 Å². The molecule has 1 aromatic rings. The number of alkyl halides is 6. The molecule has 0 spiro atoms. The van der Waals surface area contributed by atoms with Gasteiger partial charge >= 0.3 is 23.7 Å². The van der Waals surface area contributed by atoms with Crippen molar-refractivity contribution in [3.8, 4) is 0 Å². The third-order valence-corrected chi connectivity index (χ3v) is 5.98. The van der Waals surface area contributed by atoms with Gasteiger partial charge in [0, 0.05) is 20.9 Å². The third kappa shape index (κ3) is 4.15. The van der Waals surface area contributed by atoms with Gasteiger partial charge in [0.1, 0.15) is 4.88 Å². The molecule has 0 aliphatic heterocycles. The molecule has 0 aromatic carbocycles. The van der Waals surface area contributed by atoms with Crippen molar-refractivity contribution in [2.45, 2.75) is 24.7 Å². The molecule has 0 unspecified atom stereocenters. The molecular formula is C19H14F6O2S3. The Morgan fingerprint density at radius 2 is 1.63 bits per heavy atom. The van der Waals surface area contributed by atoms with Gasteiger partial charge in [0.2, 0.25) is 0 Å². The zero-order valence-electron chi connectivity index (χ0n) is 15.0. The van der Waals surface area contributed by atoms with Crippen LogP contribution >= 0.6 is 36.6 Å². The number of allylic oxidation sites excluding steroid dienone is 8. The molecule has 0 fully saturated rings. The van der Waals surface area contributed by atoms with Crippen molar-refractivity contribution in [1.29, 1.82) is 0 Å². The largest absolute Gasteiger partial charge is 0.477 e. The van der Waals surface area contributed by atoms with E-state index < -0.39 is 40.5 Å². The van der Waals surface area contributed by atoms with Gasteiger partial charge in [-0.2, -0.15) is 39.0 Å². The number of halogens is 6. The average Bonchev–Trinajstić information content (AvgIpc) is 3.17. The summed E-state index contributed by atoms with van der Waals surface area (Å²) in [5.41, 5.74) is -3.59. The normalized spacial score (nSPS) is 21.2. The minimum absolute atomic E-state index is 0.0634. The summed E-state index contributed by atoms with van der Waals surface area (Å²) in [4.78, 5) is 11.1. The molecule has 0 saturated carbocycles. The molecule has 11 heteroatoms. The summed E-state index contributed by atoms with van der Waals surface area (Å²) in [6.07, 6.45) is 5.77. The molecule has 0 saturated heterocycles. The first-order chi connectivity index (χ1) is 13.8. The number of hydrogen-bond acceptors (Lipinski definition) is 4. The van der Waals surface area contributed by atoms with Crippen LogP contribution in [0.1, 0.15) is 21.5 Å². The maximum absolute atomic E-state index is 14.4. The van der Waals surface area contributed by atoms with E-state index in [2.05, 4.69) is 25.3 Å². The van der Waals surface area contributed by atoms with E-state index in [0.29, 0.717) is 6.92 Å². The molecule has 1 heterocycles. The SMILES string of the molecule is CC1=C(C(=C\C=C\C=C/S)/C=C(\S)c2ccc(C(=O)O)s2)C(F)(F)C(F)(F)C1(F)F. The molecule has 1 N–H and O–H groups in total. The fraction of sp³-hybridized carbons (Fsp3) is 0.211. The molecule has 162 valence electrons. The number of carboxylic acids is 1. The van der Waals surface area contributed by atoms with Crippen molar-refractivity contribution in [3.63, 3.8) is 0 Å². The Morgan fingerprint density at radius 1 is 1.03 bits per heavy atom. The van der Waals surface area contributed by atoms with Crippen LogP contribution in [0.3, 0.4) is 0 Å². The van der Waals surface area contributed by atoms with E-state index in [1.807, 2.05) is 0 Å². The van der Waals surface area contributed by atoms with Gasteiger partial charge in [0.15, 0.2) is 0 Å². The van der Waals surface area contributed by atoms with Crippen LogP contribution in [-0.4, -0.2) is 28.8 Å². The lowest BCUT2D eigenvalue weighted by Gasteiger charge is -2.25. The minimum atomic E-state index is -5.61. The van der Waals surface area contributed by atoms with Crippen molar-refractivity contribution in [1.82, 2.24) is 0 Å². The van der Waals surface area contributed by atoms with Crippen molar-refractivity contribution >= 4 is 47.5 Å². The predicted molar refractivity (Wildman–Crippen MR) is 111 cm³/mol. The molecule has 2 rings (SSSR count). The first kappa shape index (κ1) is 24.4. The van der Waals surface area contributed by atoms with Crippen molar-refractivity contribution < 1.29 is 36.2 Å². The molecule has 2 nitrogen and oxygen atoms in total. The smallest absolute Gasteiger partial charge is 0.380 e. The highest BCUT2D eigenvalue weighted by Gasteiger charge is 2.79. The van der Waals surface area contributed by atoms with Gasteiger partial charge < -0.3 is 5.11 Å². The second-order valence-corrected chi connectivity index (χ2v) is 7.93. The predicted octanol–water partition coefficient (Wildman–Crippen LogP) is 6.88. The standard InChI is InChI=1S/C19H14F6O2S3/c1-10-15(18(22,23)19(24,25)17(10,20)21)11(5-3-2-4-8-28)9-12(29)13-6-7-14(30-13)16(26)27/h2-9,28-29H,1H3,(H,26,27)/b3-2+,8-4-,11-5-,12-9-. The Bertz CT molecular complexity index is 1000. The molecule has 0 amide bonds. The summed E-state index contributed by atoms with van der Waals surface area (Å²) < 4.78 is 84.4.